The molecule has 2 saturated heterocycles. The van der Waals surface area contributed by atoms with Crippen molar-refractivity contribution in [2.45, 2.75) is 95.1 Å². The second-order valence-corrected chi connectivity index (χ2v) is 21.0. The zero-order chi connectivity index (χ0) is 31.4. The highest BCUT2D eigenvalue weighted by molar-refractivity contribution is 7.92. The molecule has 0 radical (unpaired) electrons. The van der Waals surface area contributed by atoms with Crippen molar-refractivity contribution in [1.82, 2.24) is 9.97 Å². The molecule has 2 fully saturated rings. The summed E-state index contributed by atoms with van der Waals surface area (Å²) in [5.74, 6) is 1.26. The molecule has 0 aliphatic carbocycles. The SMILES string of the molecule is CC(C)[Si](OCCCS(=O)(=O)C1(c2cc(N3CCOC[C@@H]3C)nc(-c3ccc(N)cc3)n2)CCOCC1)(C(C)C)C(C)C. The lowest BCUT2D eigenvalue weighted by atomic mass is 9.94. The molecule has 0 bridgehead atoms. The minimum absolute atomic E-state index is 0.0380. The Hall–Kier alpha value is -2.05. The summed E-state index contributed by atoms with van der Waals surface area (Å²) < 4.78 is 45.9. The van der Waals surface area contributed by atoms with Gasteiger partial charge in [-0.3, -0.25) is 0 Å². The monoisotopic (exact) mass is 632 g/mol. The number of anilines is 2. The van der Waals surface area contributed by atoms with Gasteiger partial charge in [0.05, 0.1) is 30.7 Å². The number of ether oxygens (including phenoxy) is 2. The van der Waals surface area contributed by atoms with E-state index in [1.165, 1.54) is 0 Å². The lowest BCUT2D eigenvalue weighted by molar-refractivity contribution is 0.0729. The van der Waals surface area contributed by atoms with Crippen molar-refractivity contribution in [2.24, 2.45) is 0 Å². The number of morpholine rings is 1. The van der Waals surface area contributed by atoms with Crippen molar-refractivity contribution in [3.8, 4) is 11.4 Å². The summed E-state index contributed by atoms with van der Waals surface area (Å²) in [4.78, 5) is 12.1. The molecule has 0 saturated carbocycles. The van der Waals surface area contributed by atoms with Crippen LogP contribution in [-0.2, 0) is 28.5 Å². The molecule has 0 spiro atoms. The second-order valence-electron chi connectivity index (χ2n) is 13.1. The average molecular weight is 633 g/mol. The number of aromatic nitrogens is 2. The van der Waals surface area contributed by atoms with Crippen LogP contribution in [-0.4, -0.2) is 78.1 Å². The second kappa shape index (κ2) is 13.9. The van der Waals surface area contributed by atoms with Crippen LogP contribution in [0.3, 0.4) is 0 Å². The standard InChI is InChI=1S/C32H52N4O5SSi/c1-23(2)43(24(3)4,25(5)6)41-16-8-20-42(37,38)32(13-17-39-18-14-32)29-21-30(36-15-19-40-22-26(36)7)35-31(34-29)27-9-11-28(33)12-10-27/h9-12,21,23-26H,8,13-20,22,33H2,1-7H3/t26-/m0/s1. The lowest BCUT2D eigenvalue weighted by Crippen LogP contribution is -2.48. The maximum absolute atomic E-state index is 14.5. The molecule has 9 nitrogen and oxygen atoms in total. The Balaban J connectivity index is 1.70. The van der Waals surface area contributed by atoms with Gasteiger partial charge in [0.2, 0.25) is 0 Å². The molecule has 43 heavy (non-hydrogen) atoms. The van der Waals surface area contributed by atoms with Gasteiger partial charge in [-0.25, -0.2) is 18.4 Å². The van der Waals surface area contributed by atoms with Crippen molar-refractivity contribution in [1.29, 1.82) is 0 Å². The summed E-state index contributed by atoms with van der Waals surface area (Å²) in [6.07, 6.45) is 1.17. The molecule has 2 aliphatic heterocycles. The van der Waals surface area contributed by atoms with Gasteiger partial charge in [-0.15, -0.1) is 0 Å². The first kappa shape index (κ1) is 33.8. The fourth-order valence-electron chi connectivity index (χ4n) is 7.26. The number of nitrogens with zero attached hydrogens (tertiary/aromatic N) is 3. The number of rotatable bonds is 12. The van der Waals surface area contributed by atoms with Gasteiger partial charge in [0, 0.05) is 43.7 Å². The number of hydrogen-bond donors (Lipinski definition) is 1. The zero-order valence-electron chi connectivity index (χ0n) is 27.1. The van der Waals surface area contributed by atoms with Crippen LogP contribution < -0.4 is 10.6 Å². The molecule has 0 amide bonds. The summed E-state index contributed by atoms with van der Waals surface area (Å²) in [6.45, 7) is 18.6. The summed E-state index contributed by atoms with van der Waals surface area (Å²) in [5.41, 5.74) is 9.28. The molecular weight excluding hydrogens is 581 g/mol. The van der Waals surface area contributed by atoms with Gasteiger partial charge in [0.15, 0.2) is 24.0 Å². The van der Waals surface area contributed by atoms with Gasteiger partial charge in [0.25, 0.3) is 0 Å². The third kappa shape index (κ3) is 6.95. The summed E-state index contributed by atoms with van der Waals surface area (Å²) in [5, 5.41) is 0. The lowest BCUT2D eigenvalue weighted by Gasteiger charge is -2.42. The summed E-state index contributed by atoms with van der Waals surface area (Å²) in [6, 6.07) is 9.41. The van der Waals surface area contributed by atoms with Crippen LogP contribution in [0.2, 0.25) is 16.6 Å². The van der Waals surface area contributed by atoms with E-state index in [0.29, 0.717) is 92.7 Å². The highest BCUT2D eigenvalue weighted by Crippen LogP contribution is 2.44. The molecule has 1 aromatic carbocycles. The summed E-state index contributed by atoms with van der Waals surface area (Å²) >= 11 is 0. The third-order valence-electron chi connectivity index (χ3n) is 9.52. The average Bonchev–Trinajstić information content (AvgIpc) is 2.97. The molecule has 4 rings (SSSR count). The molecule has 1 atom stereocenters. The van der Waals surface area contributed by atoms with Crippen molar-refractivity contribution < 1.29 is 22.3 Å². The maximum atomic E-state index is 14.5. The summed E-state index contributed by atoms with van der Waals surface area (Å²) in [7, 11) is -5.73. The van der Waals surface area contributed by atoms with E-state index >= 15 is 0 Å². The van der Waals surface area contributed by atoms with Crippen LogP contribution in [0, 0.1) is 0 Å². The Kier molecular flexibility index (Phi) is 11.0. The van der Waals surface area contributed by atoms with Gasteiger partial charge < -0.3 is 24.5 Å². The van der Waals surface area contributed by atoms with Crippen LogP contribution in [0.15, 0.2) is 30.3 Å². The fraction of sp³-hybridized carbons (Fsp3) is 0.688. The van der Waals surface area contributed by atoms with Crippen LogP contribution in [0.25, 0.3) is 11.4 Å². The predicted octanol–water partition coefficient (Wildman–Crippen LogP) is 5.95. The largest absolute Gasteiger partial charge is 0.416 e. The van der Waals surface area contributed by atoms with Gasteiger partial charge in [0.1, 0.15) is 10.6 Å². The van der Waals surface area contributed by atoms with E-state index in [1.807, 2.05) is 30.3 Å². The van der Waals surface area contributed by atoms with E-state index in [0.717, 1.165) is 11.4 Å². The number of nitrogen functional groups attached to an aromatic ring is 1. The number of nitrogens with two attached hydrogens (primary N) is 1. The Bertz CT molecular complexity index is 1290. The Morgan fingerprint density at radius 1 is 1.00 bits per heavy atom. The first-order valence-corrected chi connectivity index (χ1v) is 19.7. The van der Waals surface area contributed by atoms with E-state index < -0.39 is 22.9 Å². The zero-order valence-corrected chi connectivity index (χ0v) is 29.0. The topological polar surface area (TPSA) is 117 Å². The molecule has 2 N–H and O–H groups in total. The van der Waals surface area contributed by atoms with Crippen LogP contribution in [0.1, 0.15) is 73.4 Å². The minimum Gasteiger partial charge on any atom is -0.416 e. The van der Waals surface area contributed by atoms with Crippen LogP contribution >= 0.6 is 0 Å². The normalized spacial score (nSPS) is 19.9. The smallest absolute Gasteiger partial charge is 0.200 e. The van der Waals surface area contributed by atoms with Gasteiger partial charge in [-0.1, -0.05) is 41.5 Å². The molecular formula is C32H52N4O5SSi. The van der Waals surface area contributed by atoms with Gasteiger partial charge >= 0.3 is 0 Å². The quantitative estimate of drug-likeness (QED) is 0.172. The van der Waals surface area contributed by atoms with E-state index in [4.69, 9.17) is 29.6 Å². The minimum atomic E-state index is -3.64. The molecule has 11 heteroatoms. The molecule has 3 heterocycles. The van der Waals surface area contributed by atoms with E-state index in [1.54, 1.807) is 0 Å². The molecule has 1 aromatic heterocycles. The first-order chi connectivity index (χ1) is 20.3. The highest BCUT2D eigenvalue weighted by atomic mass is 32.2. The molecule has 2 aliphatic rings. The maximum Gasteiger partial charge on any atom is 0.200 e. The number of hydrogen-bond acceptors (Lipinski definition) is 9. The van der Waals surface area contributed by atoms with Gasteiger partial charge in [-0.05, 0) is 67.1 Å². The van der Waals surface area contributed by atoms with E-state index in [9.17, 15) is 8.42 Å². The van der Waals surface area contributed by atoms with Crippen molar-refractivity contribution in [3.63, 3.8) is 0 Å². The number of sulfone groups is 1. The first-order valence-electron chi connectivity index (χ1n) is 15.9. The van der Waals surface area contributed by atoms with Crippen molar-refractivity contribution in [2.75, 3.05) is 56.0 Å². The highest BCUT2D eigenvalue weighted by Gasteiger charge is 2.49. The Morgan fingerprint density at radius 3 is 2.21 bits per heavy atom. The van der Waals surface area contributed by atoms with E-state index in [-0.39, 0.29) is 11.8 Å². The Labute approximate surface area is 260 Å². The molecule has 240 valence electrons. The van der Waals surface area contributed by atoms with Crippen molar-refractivity contribution >= 4 is 29.7 Å². The van der Waals surface area contributed by atoms with Crippen molar-refractivity contribution in [3.05, 3.63) is 36.0 Å². The molecule has 0 unspecified atom stereocenters. The predicted molar refractivity (Wildman–Crippen MR) is 177 cm³/mol. The van der Waals surface area contributed by atoms with Crippen LogP contribution in [0.4, 0.5) is 11.5 Å². The van der Waals surface area contributed by atoms with Gasteiger partial charge in [-0.2, -0.15) is 0 Å². The van der Waals surface area contributed by atoms with E-state index in [2.05, 4.69) is 53.4 Å². The number of benzene rings is 1. The third-order valence-corrected chi connectivity index (χ3v) is 18.3. The Morgan fingerprint density at radius 2 is 1.63 bits per heavy atom. The molecule has 2 aromatic rings. The van der Waals surface area contributed by atoms with Crippen LogP contribution in [0.5, 0.6) is 0 Å². The fourth-order valence-corrected chi connectivity index (χ4v) is 14.9.